The molecule has 23 heavy (non-hydrogen) atoms. The lowest BCUT2D eigenvalue weighted by molar-refractivity contribution is 0.0692. The molecule has 2 aromatic rings. The minimum absolute atomic E-state index is 0.0442. The normalized spacial score (nSPS) is 13.8. The predicted molar refractivity (Wildman–Crippen MR) is 82.9 cm³/mol. The van der Waals surface area contributed by atoms with Gasteiger partial charge < -0.3 is 9.80 Å². The van der Waals surface area contributed by atoms with Crippen LogP contribution in [0, 0.1) is 0 Å². The summed E-state index contributed by atoms with van der Waals surface area (Å²) in [5, 5.41) is 8.48. The quantitative estimate of drug-likeness (QED) is 0.824. The number of nitrogens with zero attached hydrogens (tertiary/aromatic N) is 6. The van der Waals surface area contributed by atoms with Crippen molar-refractivity contribution >= 4 is 11.8 Å². The van der Waals surface area contributed by atoms with Gasteiger partial charge >= 0.3 is 0 Å². The maximum atomic E-state index is 12.7. The van der Waals surface area contributed by atoms with Gasteiger partial charge in [-0.15, -0.1) is 0 Å². The molecule has 0 fully saturated rings. The minimum Gasteiger partial charge on any atom is -0.343 e. The lowest BCUT2D eigenvalue weighted by Crippen LogP contribution is -2.39. The highest BCUT2D eigenvalue weighted by Gasteiger charge is 2.26. The Morgan fingerprint density at radius 3 is 2.78 bits per heavy atom. The Morgan fingerprint density at radius 2 is 2.09 bits per heavy atom. The smallest absolute Gasteiger partial charge is 0.273 e. The van der Waals surface area contributed by atoms with E-state index in [0.29, 0.717) is 37.6 Å². The van der Waals surface area contributed by atoms with Crippen molar-refractivity contribution in [3.63, 3.8) is 0 Å². The Hall–Kier alpha value is -2.64. The summed E-state index contributed by atoms with van der Waals surface area (Å²) < 4.78 is 3.49. The van der Waals surface area contributed by atoms with Gasteiger partial charge in [0, 0.05) is 33.4 Å². The van der Waals surface area contributed by atoms with Gasteiger partial charge in [0.25, 0.3) is 11.8 Å². The number of carbonyl (C=O) groups excluding carboxylic acids is 2. The SMILES string of the molecule is CCn1nccc1C(=O)N1CCn2nc(C(=O)N(C)C)cc2C1. The highest BCUT2D eigenvalue weighted by molar-refractivity contribution is 5.93. The fraction of sp³-hybridized carbons (Fsp3) is 0.467. The molecule has 8 nitrogen and oxygen atoms in total. The molecule has 0 unspecified atom stereocenters. The molecule has 0 saturated carbocycles. The molecular formula is C15H20N6O2. The minimum atomic E-state index is -0.131. The Bertz CT molecular complexity index is 745. The Balaban J connectivity index is 1.80. The van der Waals surface area contributed by atoms with Crippen LogP contribution < -0.4 is 0 Å². The molecule has 0 saturated heterocycles. The highest BCUT2D eigenvalue weighted by Crippen LogP contribution is 2.17. The van der Waals surface area contributed by atoms with Gasteiger partial charge in [-0.05, 0) is 19.1 Å². The van der Waals surface area contributed by atoms with E-state index < -0.39 is 0 Å². The second-order valence-electron chi connectivity index (χ2n) is 5.70. The number of fused-ring (bicyclic) bond motifs is 1. The third-order valence-electron chi connectivity index (χ3n) is 3.95. The number of hydrogen-bond donors (Lipinski definition) is 0. The van der Waals surface area contributed by atoms with Gasteiger partial charge in [-0.2, -0.15) is 10.2 Å². The van der Waals surface area contributed by atoms with Crippen molar-refractivity contribution in [2.45, 2.75) is 26.6 Å². The van der Waals surface area contributed by atoms with E-state index in [2.05, 4.69) is 10.2 Å². The number of aromatic nitrogens is 4. The second-order valence-corrected chi connectivity index (χ2v) is 5.70. The van der Waals surface area contributed by atoms with Gasteiger partial charge in [-0.1, -0.05) is 0 Å². The molecule has 0 radical (unpaired) electrons. The van der Waals surface area contributed by atoms with E-state index in [4.69, 9.17) is 0 Å². The van der Waals surface area contributed by atoms with E-state index in [1.54, 1.807) is 46.7 Å². The van der Waals surface area contributed by atoms with Crippen molar-refractivity contribution in [2.24, 2.45) is 0 Å². The van der Waals surface area contributed by atoms with Crippen LogP contribution in [-0.4, -0.2) is 61.8 Å². The van der Waals surface area contributed by atoms with Crippen LogP contribution in [0.5, 0.6) is 0 Å². The second kappa shape index (κ2) is 5.86. The largest absolute Gasteiger partial charge is 0.343 e. The summed E-state index contributed by atoms with van der Waals surface area (Å²) in [6, 6.07) is 3.50. The average Bonchev–Trinajstić information content (AvgIpc) is 3.18. The van der Waals surface area contributed by atoms with Crippen LogP contribution in [0.2, 0.25) is 0 Å². The zero-order valence-corrected chi connectivity index (χ0v) is 13.6. The van der Waals surface area contributed by atoms with Crippen LogP contribution in [0.15, 0.2) is 18.3 Å². The van der Waals surface area contributed by atoms with Crippen LogP contribution in [-0.2, 0) is 19.6 Å². The number of hydrogen-bond acceptors (Lipinski definition) is 4. The Labute approximate surface area is 134 Å². The van der Waals surface area contributed by atoms with E-state index >= 15 is 0 Å². The summed E-state index contributed by atoms with van der Waals surface area (Å²) >= 11 is 0. The molecule has 3 heterocycles. The third-order valence-corrected chi connectivity index (χ3v) is 3.95. The van der Waals surface area contributed by atoms with Gasteiger partial charge in [-0.25, -0.2) is 0 Å². The summed E-state index contributed by atoms with van der Waals surface area (Å²) in [4.78, 5) is 27.9. The van der Waals surface area contributed by atoms with Crippen LogP contribution in [0.25, 0.3) is 0 Å². The lowest BCUT2D eigenvalue weighted by Gasteiger charge is -2.27. The number of aryl methyl sites for hydroxylation is 1. The van der Waals surface area contributed by atoms with Gasteiger partial charge in [0.15, 0.2) is 5.69 Å². The Kier molecular flexibility index (Phi) is 3.89. The summed E-state index contributed by atoms with van der Waals surface area (Å²) in [6.07, 6.45) is 1.64. The molecule has 2 aromatic heterocycles. The predicted octanol–water partition coefficient (Wildman–Crippen LogP) is 0.457. The molecule has 0 aliphatic carbocycles. The number of rotatable bonds is 3. The fourth-order valence-corrected chi connectivity index (χ4v) is 2.70. The third kappa shape index (κ3) is 2.71. The molecule has 0 spiro atoms. The first-order valence-corrected chi connectivity index (χ1v) is 7.60. The first kappa shape index (κ1) is 15.3. The lowest BCUT2D eigenvalue weighted by atomic mass is 10.2. The zero-order chi connectivity index (χ0) is 16.6. The molecule has 0 atom stereocenters. The van der Waals surface area contributed by atoms with Crippen molar-refractivity contribution in [3.05, 3.63) is 35.4 Å². The van der Waals surface area contributed by atoms with Crippen molar-refractivity contribution in [1.29, 1.82) is 0 Å². The van der Waals surface area contributed by atoms with E-state index in [-0.39, 0.29) is 11.8 Å². The molecule has 1 aliphatic rings. The van der Waals surface area contributed by atoms with Gasteiger partial charge in [0.2, 0.25) is 0 Å². The summed E-state index contributed by atoms with van der Waals surface area (Å²) in [5.41, 5.74) is 1.88. The van der Waals surface area contributed by atoms with Crippen LogP contribution in [0.1, 0.15) is 33.6 Å². The maximum Gasteiger partial charge on any atom is 0.273 e. The van der Waals surface area contributed by atoms with Gasteiger partial charge in [-0.3, -0.25) is 19.0 Å². The Morgan fingerprint density at radius 1 is 1.30 bits per heavy atom. The molecule has 2 amide bonds. The molecule has 3 rings (SSSR count). The summed E-state index contributed by atoms with van der Waals surface area (Å²) in [6.45, 7) is 4.21. The zero-order valence-electron chi connectivity index (χ0n) is 13.6. The standard InChI is InChI=1S/C15H20N6O2/c1-4-20-13(5-6-16-20)15(23)19-7-8-21-11(10-19)9-12(17-21)14(22)18(2)3/h5-6,9H,4,7-8,10H2,1-3H3. The number of carbonyl (C=O) groups is 2. The topological polar surface area (TPSA) is 76.3 Å². The number of amides is 2. The molecule has 0 bridgehead atoms. The van der Waals surface area contributed by atoms with Crippen molar-refractivity contribution in [1.82, 2.24) is 29.4 Å². The molecular weight excluding hydrogens is 296 g/mol. The van der Waals surface area contributed by atoms with E-state index in [1.165, 1.54) is 4.90 Å². The van der Waals surface area contributed by atoms with Crippen molar-refractivity contribution in [3.8, 4) is 0 Å². The average molecular weight is 316 g/mol. The van der Waals surface area contributed by atoms with Crippen LogP contribution in [0.3, 0.4) is 0 Å². The molecule has 0 aromatic carbocycles. The fourth-order valence-electron chi connectivity index (χ4n) is 2.70. The summed E-state index contributed by atoms with van der Waals surface area (Å²) in [5.74, 6) is -0.175. The maximum absolute atomic E-state index is 12.7. The van der Waals surface area contributed by atoms with Crippen molar-refractivity contribution in [2.75, 3.05) is 20.6 Å². The molecule has 0 N–H and O–H groups in total. The van der Waals surface area contributed by atoms with Crippen molar-refractivity contribution < 1.29 is 9.59 Å². The molecule has 1 aliphatic heterocycles. The van der Waals surface area contributed by atoms with E-state index in [1.807, 2.05) is 6.92 Å². The van der Waals surface area contributed by atoms with Gasteiger partial charge in [0.1, 0.15) is 5.69 Å². The molecule has 122 valence electrons. The van der Waals surface area contributed by atoms with Crippen LogP contribution in [0.4, 0.5) is 0 Å². The first-order chi connectivity index (χ1) is 11.0. The van der Waals surface area contributed by atoms with Crippen LogP contribution >= 0.6 is 0 Å². The monoisotopic (exact) mass is 316 g/mol. The van der Waals surface area contributed by atoms with Gasteiger partial charge in [0.05, 0.1) is 18.8 Å². The molecule has 8 heteroatoms. The van der Waals surface area contributed by atoms with E-state index in [0.717, 1.165) is 5.69 Å². The summed E-state index contributed by atoms with van der Waals surface area (Å²) in [7, 11) is 3.39. The van der Waals surface area contributed by atoms with E-state index in [9.17, 15) is 9.59 Å². The highest BCUT2D eigenvalue weighted by atomic mass is 16.2. The first-order valence-electron chi connectivity index (χ1n) is 7.60.